The minimum atomic E-state index is -4.85. The number of alkyl halides is 3. The number of benzene rings is 2. The molecule has 2 unspecified atom stereocenters. The quantitative estimate of drug-likeness (QED) is 0.375. The molecule has 2 N–H and O–H groups in total. The number of nitrogens with zero attached hydrogens (tertiary/aromatic N) is 1. The molecule has 1 aliphatic heterocycles. The predicted octanol–water partition coefficient (Wildman–Crippen LogP) is 5.18. The van der Waals surface area contributed by atoms with Gasteiger partial charge in [0.1, 0.15) is 11.9 Å². The largest absolute Gasteiger partial charge is 0.494 e. The van der Waals surface area contributed by atoms with Crippen LogP contribution in [0.25, 0.3) is 0 Å². The topological polar surface area (TPSA) is 131 Å². The summed E-state index contributed by atoms with van der Waals surface area (Å²) >= 11 is 0. The van der Waals surface area contributed by atoms with Crippen molar-refractivity contribution in [3.63, 3.8) is 0 Å². The standard InChI is InChI=1S/C26H28F4N2O8S/c1-25(2,26(28,29)30)40-24(35)31-15-6-9-20-19(10-15)32(13-22(39-20)17(12-23(33)34)14-4-5-14)41(36,37)16-7-8-18(27)21(11-16)38-3/h6-11,14,17,22H,4-5,12-13H2,1-3H3,(H,31,35)(H,33,34). The van der Waals surface area contributed by atoms with E-state index in [9.17, 15) is 40.7 Å². The molecule has 2 aromatic rings. The lowest BCUT2D eigenvalue weighted by molar-refractivity contribution is -0.242. The Labute approximate surface area is 233 Å². The highest BCUT2D eigenvalue weighted by Gasteiger charge is 2.51. The summed E-state index contributed by atoms with van der Waals surface area (Å²) in [5.74, 6) is -2.67. The third kappa shape index (κ3) is 6.44. The van der Waals surface area contributed by atoms with Crippen molar-refractivity contribution in [1.82, 2.24) is 0 Å². The van der Waals surface area contributed by atoms with Crippen LogP contribution in [0.1, 0.15) is 33.1 Å². The first-order valence-electron chi connectivity index (χ1n) is 12.5. The molecule has 0 radical (unpaired) electrons. The molecule has 2 aliphatic rings. The first-order chi connectivity index (χ1) is 19.0. The predicted molar refractivity (Wildman–Crippen MR) is 137 cm³/mol. The van der Waals surface area contributed by atoms with Crippen molar-refractivity contribution in [1.29, 1.82) is 0 Å². The van der Waals surface area contributed by atoms with Gasteiger partial charge in [0.25, 0.3) is 10.0 Å². The van der Waals surface area contributed by atoms with E-state index >= 15 is 0 Å². The number of carboxylic acid groups (broad SMARTS) is 1. The number of amides is 1. The summed E-state index contributed by atoms with van der Waals surface area (Å²) in [4.78, 5) is 23.5. The number of methoxy groups -OCH3 is 1. The highest BCUT2D eigenvalue weighted by Crippen LogP contribution is 2.46. The van der Waals surface area contributed by atoms with Gasteiger partial charge >= 0.3 is 18.2 Å². The summed E-state index contributed by atoms with van der Waals surface area (Å²) in [6.45, 7) is 1.02. The second-order valence-corrected chi connectivity index (χ2v) is 12.2. The molecule has 0 spiro atoms. The second-order valence-electron chi connectivity index (χ2n) is 10.3. The molecule has 0 aromatic heterocycles. The Kier molecular flexibility index (Phi) is 8.04. The van der Waals surface area contributed by atoms with Gasteiger partial charge in [-0.25, -0.2) is 17.6 Å². The van der Waals surface area contributed by atoms with Gasteiger partial charge in [-0.2, -0.15) is 13.2 Å². The lowest BCUT2D eigenvalue weighted by Crippen LogP contribution is -2.47. The highest BCUT2D eigenvalue weighted by molar-refractivity contribution is 7.92. The summed E-state index contributed by atoms with van der Waals surface area (Å²) in [6, 6.07) is 6.70. The zero-order valence-corrected chi connectivity index (χ0v) is 23.0. The van der Waals surface area contributed by atoms with Gasteiger partial charge in [0.15, 0.2) is 11.6 Å². The molecule has 2 atom stereocenters. The van der Waals surface area contributed by atoms with Crippen molar-refractivity contribution in [2.45, 2.75) is 55.9 Å². The van der Waals surface area contributed by atoms with Crippen molar-refractivity contribution in [2.75, 3.05) is 23.3 Å². The van der Waals surface area contributed by atoms with E-state index in [1.165, 1.54) is 18.2 Å². The van der Waals surface area contributed by atoms with E-state index in [4.69, 9.17) is 9.47 Å². The first kappa shape index (κ1) is 30.2. The van der Waals surface area contributed by atoms with Gasteiger partial charge in [-0.3, -0.25) is 14.4 Å². The number of anilines is 2. The number of carboxylic acids is 1. The van der Waals surface area contributed by atoms with Crippen LogP contribution in [0.2, 0.25) is 0 Å². The lowest BCUT2D eigenvalue weighted by atomic mass is 9.92. The van der Waals surface area contributed by atoms with Crippen molar-refractivity contribution in [2.24, 2.45) is 11.8 Å². The summed E-state index contributed by atoms with van der Waals surface area (Å²) < 4.78 is 97.7. The van der Waals surface area contributed by atoms with Gasteiger partial charge in [0, 0.05) is 17.7 Å². The minimum Gasteiger partial charge on any atom is -0.494 e. The molecule has 15 heteroatoms. The van der Waals surface area contributed by atoms with E-state index in [0.29, 0.717) is 13.8 Å². The fraction of sp³-hybridized carbons (Fsp3) is 0.462. The third-order valence-electron chi connectivity index (χ3n) is 6.95. The van der Waals surface area contributed by atoms with Gasteiger partial charge < -0.3 is 19.3 Å². The summed E-state index contributed by atoms with van der Waals surface area (Å²) in [5, 5.41) is 11.6. The van der Waals surface area contributed by atoms with Gasteiger partial charge in [-0.1, -0.05) is 0 Å². The molecule has 10 nitrogen and oxygen atoms in total. The van der Waals surface area contributed by atoms with Crippen LogP contribution in [0, 0.1) is 17.7 Å². The van der Waals surface area contributed by atoms with Crippen LogP contribution >= 0.6 is 0 Å². The van der Waals surface area contributed by atoms with E-state index in [2.05, 4.69) is 10.1 Å². The van der Waals surface area contributed by atoms with E-state index in [-0.39, 0.29) is 46.7 Å². The van der Waals surface area contributed by atoms with Crippen molar-refractivity contribution < 1.29 is 54.9 Å². The van der Waals surface area contributed by atoms with E-state index < -0.39 is 51.7 Å². The maximum absolute atomic E-state index is 14.1. The number of carbonyl (C=O) groups excluding carboxylic acids is 1. The Morgan fingerprint density at radius 1 is 1.17 bits per heavy atom. The zero-order valence-electron chi connectivity index (χ0n) is 22.2. The molecule has 4 rings (SSSR count). The molecule has 0 saturated heterocycles. The van der Waals surface area contributed by atoms with Gasteiger partial charge in [0.2, 0.25) is 5.60 Å². The fourth-order valence-electron chi connectivity index (χ4n) is 4.49. The van der Waals surface area contributed by atoms with Crippen LogP contribution in [0.4, 0.5) is 33.7 Å². The number of sulfonamides is 1. The number of halogens is 4. The molecule has 1 fully saturated rings. The summed E-state index contributed by atoms with van der Waals surface area (Å²) in [6.07, 6.45) is -5.89. The molecule has 0 bridgehead atoms. The van der Waals surface area contributed by atoms with E-state index in [1.807, 2.05) is 0 Å². The number of aliphatic carboxylic acids is 1. The van der Waals surface area contributed by atoms with E-state index in [0.717, 1.165) is 42.5 Å². The van der Waals surface area contributed by atoms with Crippen molar-refractivity contribution >= 4 is 33.5 Å². The smallest absolute Gasteiger partial charge is 0.427 e. The maximum Gasteiger partial charge on any atom is 0.427 e. The Balaban J connectivity index is 1.73. The number of ether oxygens (including phenoxy) is 3. The average molecular weight is 605 g/mol. The number of carbonyl (C=O) groups is 2. The Hall–Kier alpha value is -3.75. The van der Waals surface area contributed by atoms with Crippen LogP contribution < -0.4 is 19.1 Å². The van der Waals surface area contributed by atoms with Gasteiger partial charge in [0.05, 0.1) is 30.7 Å². The Morgan fingerprint density at radius 2 is 1.85 bits per heavy atom. The molecule has 1 amide bonds. The molecule has 224 valence electrons. The number of rotatable bonds is 9. The van der Waals surface area contributed by atoms with Gasteiger partial charge in [-0.15, -0.1) is 0 Å². The molecule has 2 aromatic carbocycles. The van der Waals surface area contributed by atoms with Crippen LogP contribution in [0.3, 0.4) is 0 Å². The number of hydrogen-bond acceptors (Lipinski definition) is 7. The lowest BCUT2D eigenvalue weighted by Gasteiger charge is -2.39. The highest BCUT2D eigenvalue weighted by atomic mass is 32.2. The average Bonchev–Trinajstić information content (AvgIpc) is 3.71. The number of nitrogens with one attached hydrogen (secondary N) is 1. The normalized spacial score (nSPS) is 18.1. The van der Waals surface area contributed by atoms with Crippen LogP contribution in [-0.2, 0) is 19.6 Å². The van der Waals surface area contributed by atoms with Crippen molar-refractivity contribution in [3.8, 4) is 11.5 Å². The molecular weight excluding hydrogens is 576 g/mol. The monoisotopic (exact) mass is 604 g/mol. The number of hydrogen-bond donors (Lipinski definition) is 2. The SMILES string of the molecule is COc1cc(S(=O)(=O)N2CC(C(CC(=O)O)C3CC3)Oc3ccc(NC(=O)OC(C)(C)C(F)(F)F)cc32)ccc1F. The molecule has 1 heterocycles. The maximum atomic E-state index is 14.1. The molecule has 1 aliphatic carbocycles. The Morgan fingerprint density at radius 3 is 2.44 bits per heavy atom. The molecule has 1 saturated carbocycles. The summed E-state index contributed by atoms with van der Waals surface area (Å²) in [7, 11) is -3.29. The number of fused-ring (bicyclic) bond motifs is 1. The van der Waals surface area contributed by atoms with Crippen LogP contribution in [-0.4, -0.2) is 57.1 Å². The van der Waals surface area contributed by atoms with E-state index in [1.54, 1.807) is 0 Å². The van der Waals surface area contributed by atoms with Crippen molar-refractivity contribution in [3.05, 3.63) is 42.2 Å². The second kappa shape index (κ2) is 10.9. The zero-order chi connectivity index (χ0) is 30.3. The third-order valence-corrected chi connectivity index (χ3v) is 8.73. The van der Waals surface area contributed by atoms with Crippen LogP contribution in [0.5, 0.6) is 11.5 Å². The van der Waals surface area contributed by atoms with Gasteiger partial charge in [-0.05, 0) is 62.9 Å². The molecule has 41 heavy (non-hydrogen) atoms. The fourth-order valence-corrected chi connectivity index (χ4v) is 5.99. The first-order valence-corrected chi connectivity index (χ1v) is 13.9. The summed E-state index contributed by atoms with van der Waals surface area (Å²) in [5.41, 5.74) is -2.99. The minimum absolute atomic E-state index is 0.0146. The van der Waals surface area contributed by atoms with Crippen LogP contribution in [0.15, 0.2) is 41.3 Å². The Bertz CT molecular complexity index is 1440. The molecular formula is C26H28F4N2O8S.